The number of alkyl halides is 3. The Morgan fingerprint density at radius 3 is 2.20 bits per heavy atom. The lowest BCUT2D eigenvalue weighted by atomic mass is 9.79. The summed E-state index contributed by atoms with van der Waals surface area (Å²) in [6, 6.07) is 3.43. The number of hydrogen-bond donors (Lipinski definition) is 2. The van der Waals surface area contributed by atoms with Crippen LogP contribution in [-0.2, 0) is 6.18 Å². The number of piperazine rings is 1. The van der Waals surface area contributed by atoms with Crippen LogP contribution in [0.2, 0.25) is 0 Å². The first-order chi connectivity index (χ1) is 9.29. The highest BCUT2D eigenvalue weighted by atomic mass is 19.4. The van der Waals surface area contributed by atoms with Crippen molar-refractivity contribution in [3.05, 3.63) is 23.8 Å². The van der Waals surface area contributed by atoms with Gasteiger partial charge in [-0.25, -0.2) is 0 Å². The van der Waals surface area contributed by atoms with Crippen LogP contribution >= 0.6 is 0 Å². The molecule has 0 bridgehead atoms. The van der Waals surface area contributed by atoms with E-state index in [0.29, 0.717) is 26.2 Å². The molecule has 0 atom stereocenters. The quantitative estimate of drug-likeness (QED) is 0.760. The van der Waals surface area contributed by atoms with Crippen LogP contribution in [0.1, 0.15) is 5.56 Å². The van der Waals surface area contributed by atoms with Gasteiger partial charge in [-0.05, 0) is 24.6 Å². The Labute approximate surface area is 115 Å². The molecular formula is C12H16BF3N2O2. The van der Waals surface area contributed by atoms with E-state index >= 15 is 0 Å². The first kappa shape index (κ1) is 15.1. The monoisotopic (exact) mass is 288 g/mol. The summed E-state index contributed by atoms with van der Waals surface area (Å²) in [4.78, 5) is 3.73. The van der Waals surface area contributed by atoms with E-state index in [1.165, 1.54) is 12.1 Å². The van der Waals surface area contributed by atoms with Gasteiger partial charge in [-0.2, -0.15) is 13.2 Å². The third kappa shape index (κ3) is 3.25. The Morgan fingerprint density at radius 2 is 1.70 bits per heavy atom. The van der Waals surface area contributed by atoms with Crippen LogP contribution in [-0.4, -0.2) is 55.3 Å². The fourth-order valence-electron chi connectivity index (χ4n) is 2.26. The van der Waals surface area contributed by atoms with E-state index < -0.39 is 18.9 Å². The second-order valence-electron chi connectivity index (χ2n) is 4.94. The Balaban J connectivity index is 2.37. The summed E-state index contributed by atoms with van der Waals surface area (Å²) in [6.45, 7) is 2.42. The maximum Gasteiger partial charge on any atom is 0.488 e. The Morgan fingerprint density at radius 1 is 1.10 bits per heavy atom. The minimum Gasteiger partial charge on any atom is -0.423 e. The molecule has 0 radical (unpaired) electrons. The standard InChI is InChI=1S/C12H16BF3N2O2/c1-17-4-6-18(7-5-17)11-3-2-9(13(19)20)8-10(11)12(14,15)16/h2-3,8,19-20H,4-7H2,1H3. The zero-order valence-electron chi connectivity index (χ0n) is 11.1. The number of likely N-dealkylation sites (N-methyl/N-ethyl adjacent to an activating group) is 1. The van der Waals surface area contributed by atoms with E-state index in [9.17, 15) is 13.2 Å². The lowest BCUT2D eigenvalue weighted by molar-refractivity contribution is -0.137. The summed E-state index contributed by atoms with van der Waals surface area (Å²) in [5, 5.41) is 18.0. The van der Waals surface area contributed by atoms with Crippen molar-refractivity contribution < 1.29 is 23.2 Å². The summed E-state index contributed by atoms with van der Waals surface area (Å²) in [5.74, 6) is 0. The smallest absolute Gasteiger partial charge is 0.423 e. The van der Waals surface area contributed by atoms with Crippen LogP contribution < -0.4 is 10.4 Å². The van der Waals surface area contributed by atoms with Crippen molar-refractivity contribution in [2.75, 3.05) is 38.1 Å². The molecule has 0 spiro atoms. The zero-order valence-corrected chi connectivity index (χ0v) is 11.1. The molecule has 0 saturated carbocycles. The molecule has 110 valence electrons. The first-order valence-corrected chi connectivity index (χ1v) is 6.30. The van der Waals surface area contributed by atoms with Crippen LogP contribution in [0.3, 0.4) is 0 Å². The van der Waals surface area contributed by atoms with Gasteiger partial charge >= 0.3 is 13.3 Å². The molecule has 1 saturated heterocycles. The van der Waals surface area contributed by atoms with E-state index in [1.54, 1.807) is 4.90 Å². The van der Waals surface area contributed by atoms with Crippen molar-refractivity contribution in [3.63, 3.8) is 0 Å². The molecular weight excluding hydrogens is 272 g/mol. The van der Waals surface area contributed by atoms with Crippen LogP contribution in [0.15, 0.2) is 18.2 Å². The van der Waals surface area contributed by atoms with Gasteiger partial charge in [-0.15, -0.1) is 0 Å². The molecule has 1 heterocycles. The average Bonchev–Trinajstić information content (AvgIpc) is 2.38. The molecule has 8 heteroatoms. The molecule has 0 aromatic heterocycles. The van der Waals surface area contributed by atoms with Crippen LogP contribution in [0.5, 0.6) is 0 Å². The van der Waals surface area contributed by atoms with E-state index in [4.69, 9.17) is 10.0 Å². The van der Waals surface area contributed by atoms with Gasteiger partial charge in [0.25, 0.3) is 0 Å². The molecule has 1 aromatic rings. The molecule has 4 nitrogen and oxygen atoms in total. The zero-order chi connectivity index (χ0) is 14.9. The van der Waals surface area contributed by atoms with E-state index in [1.807, 2.05) is 7.05 Å². The van der Waals surface area contributed by atoms with Gasteiger partial charge in [0, 0.05) is 31.9 Å². The van der Waals surface area contributed by atoms with Crippen molar-refractivity contribution in [1.82, 2.24) is 4.90 Å². The molecule has 1 aliphatic rings. The van der Waals surface area contributed by atoms with Crippen molar-refractivity contribution >= 4 is 18.3 Å². The molecule has 0 amide bonds. The van der Waals surface area contributed by atoms with Crippen LogP contribution in [0.4, 0.5) is 18.9 Å². The Hall–Kier alpha value is -1.25. The highest BCUT2D eigenvalue weighted by molar-refractivity contribution is 6.58. The molecule has 1 fully saturated rings. The maximum atomic E-state index is 13.1. The molecule has 0 aliphatic carbocycles. The molecule has 2 N–H and O–H groups in total. The van der Waals surface area contributed by atoms with Gasteiger partial charge in [-0.1, -0.05) is 6.07 Å². The second kappa shape index (κ2) is 5.63. The number of benzene rings is 1. The number of rotatable bonds is 2. The van der Waals surface area contributed by atoms with Gasteiger partial charge in [0.05, 0.1) is 5.56 Å². The summed E-state index contributed by atoms with van der Waals surface area (Å²) in [7, 11) is 0.0189. The average molecular weight is 288 g/mol. The topological polar surface area (TPSA) is 46.9 Å². The molecule has 20 heavy (non-hydrogen) atoms. The SMILES string of the molecule is CN1CCN(c2ccc(B(O)O)cc2C(F)(F)F)CC1. The lowest BCUT2D eigenvalue weighted by Gasteiger charge is -2.35. The molecule has 0 unspecified atom stereocenters. The lowest BCUT2D eigenvalue weighted by Crippen LogP contribution is -2.45. The minimum atomic E-state index is -4.52. The van der Waals surface area contributed by atoms with Gasteiger partial charge in [0.2, 0.25) is 0 Å². The first-order valence-electron chi connectivity index (χ1n) is 6.30. The van der Waals surface area contributed by atoms with E-state index in [2.05, 4.69) is 4.90 Å². The van der Waals surface area contributed by atoms with Crippen LogP contribution in [0.25, 0.3) is 0 Å². The fourth-order valence-corrected chi connectivity index (χ4v) is 2.26. The fraction of sp³-hybridized carbons (Fsp3) is 0.500. The molecule has 1 aliphatic heterocycles. The third-order valence-corrected chi connectivity index (χ3v) is 3.47. The summed E-state index contributed by atoms with van der Waals surface area (Å²) < 4.78 is 39.4. The third-order valence-electron chi connectivity index (χ3n) is 3.47. The van der Waals surface area contributed by atoms with Crippen molar-refractivity contribution in [1.29, 1.82) is 0 Å². The summed E-state index contributed by atoms with van der Waals surface area (Å²) in [5.41, 5.74) is -0.891. The van der Waals surface area contributed by atoms with Gasteiger partial charge in [0.1, 0.15) is 0 Å². The second-order valence-corrected chi connectivity index (χ2v) is 4.94. The van der Waals surface area contributed by atoms with Gasteiger partial charge < -0.3 is 19.8 Å². The number of hydrogen-bond acceptors (Lipinski definition) is 4. The Bertz CT molecular complexity index is 474. The number of anilines is 1. The van der Waals surface area contributed by atoms with Crippen molar-refractivity contribution in [3.8, 4) is 0 Å². The van der Waals surface area contributed by atoms with Crippen LogP contribution in [0, 0.1) is 0 Å². The highest BCUT2D eigenvalue weighted by Gasteiger charge is 2.36. The molecule has 1 aromatic carbocycles. The van der Waals surface area contributed by atoms with Gasteiger partial charge in [0.15, 0.2) is 0 Å². The minimum absolute atomic E-state index is 0.0926. The van der Waals surface area contributed by atoms with Crippen molar-refractivity contribution in [2.24, 2.45) is 0 Å². The summed E-state index contributed by atoms with van der Waals surface area (Å²) in [6.07, 6.45) is -4.52. The largest absolute Gasteiger partial charge is 0.488 e. The maximum absolute atomic E-state index is 13.1. The summed E-state index contributed by atoms with van der Waals surface area (Å²) >= 11 is 0. The predicted octanol–water partition coefficient (Wildman–Crippen LogP) is 0.137. The Kier molecular flexibility index (Phi) is 4.26. The number of halogens is 3. The predicted molar refractivity (Wildman–Crippen MR) is 71.0 cm³/mol. The van der Waals surface area contributed by atoms with Crippen molar-refractivity contribution in [2.45, 2.75) is 6.18 Å². The highest BCUT2D eigenvalue weighted by Crippen LogP contribution is 2.36. The molecule has 2 rings (SSSR count). The normalized spacial score (nSPS) is 17.4. The van der Waals surface area contributed by atoms with E-state index in [-0.39, 0.29) is 11.2 Å². The van der Waals surface area contributed by atoms with E-state index in [0.717, 1.165) is 6.07 Å². The van der Waals surface area contributed by atoms with Gasteiger partial charge in [-0.3, -0.25) is 0 Å². The number of nitrogens with zero attached hydrogens (tertiary/aromatic N) is 2.